The summed E-state index contributed by atoms with van der Waals surface area (Å²) >= 11 is 1.14. The number of carbonyl (C=O) groups excluding carboxylic acids is 1. The van der Waals surface area contributed by atoms with Crippen LogP contribution in [0.2, 0.25) is 0 Å². The number of rotatable bonds is 5. The molecule has 3 aliphatic rings. The first-order valence-corrected chi connectivity index (χ1v) is 11.3. The number of likely N-dealkylation sites (tertiary alicyclic amines) is 1. The Morgan fingerprint density at radius 3 is 2.65 bits per heavy atom. The van der Waals surface area contributed by atoms with Gasteiger partial charge in [-0.05, 0) is 85.6 Å². The molecule has 31 heavy (non-hydrogen) atoms. The molecule has 1 aliphatic carbocycles. The molecular formula is C23H24F3N3OS. The van der Waals surface area contributed by atoms with Crippen LogP contribution in [-0.2, 0) is 12.7 Å². The number of terminal acetylenes is 1. The largest absolute Gasteiger partial charge is 0.416 e. The number of amidine groups is 1. The molecule has 2 heterocycles. The van der Waals surface area contributed by atoms with Crippen LogP contribution in [0.25, 0.3) is 0 Å². The van der Waals surface area contributed by atoms with Gasteiger partial charge in [-0.25, -0.2) is 0 Å². The van der Waals surface area contributed by atoms with E-state index >= 15 is 0 Å². The SMILES string of the molecule is C#CCN=C1NC(=O)S/C1=C\C1CCN(Cc2ccc(C(F)(F)F)cc2C2CC2)CC1. The molecule has 2 saturated heterocycles. The molecule has 164 valence electrons. The van der Waals surface area contributed by atoms with Gasteiger partial charge in [0.15, 0.2) is 0 Å². The summed E-state index contributed by atoms with van der Waals surface area (Å²) in [5, 5.41) is 2.58. The van der Waals surface area contributed by atoms with E-state index in [-0.39, 0.29) is 17.7 Å². The number of benzene rings is 1. The molecule has 4 nitrogen and oxygen atoms in total. The average molecular weight is 448 g/mol. The summed E-state index contributed by atoms with van der Waals surface area (Å²) in [5.74, 6) is 3.60. The standard InChI is InChI=1S/C23H24F3N3OS/c1-2-9-27-21-20(31-22(30)28-21)12-15-7-10-29(11-8-15)14-17-5-6-18(23(24,25)26)13-19(17)16-3-4-16/h1,5-6,12-13,15-16H,3-4,7-11,14H2,(H,27,28,30)/b20-12-. The highest BCUT2D eigenvalue weighted by Gasteiger charge is 2.34. The highest BCUT2D eigenvalue weighted by atomic mass is 32.2. The molecule has 0 atom stereocenters. The molecule has 0 radical (unpaired) electrons. The van der Waals surface area contributed by atoms with Crippen molar-refractivity contribution in [2.24, 2.45) is 10.9 Å². The van der Waals surface area contributed by atoms with Crippen molar-refractivity contribution >= 4 is 22.8 Å². The number of piperidine rings is 1. The summed E-state index contributed by atoms with van der Waals surface area (Å²) < 4.78 is 39.3. The highest BCUT2D eigenvalue weighted by molar-refractivity contribution is 8.18. The predicted molar refractivity (Wildman–Crippen MR) is 117 cm³/mol. The summed E-state index contributed by atoms with van der Waals surface area (Å²) in [6.45, 7) is 2.63. The molecule has 4 rings (SSSR count). The number of halogens is 3. The monoisotopic (exact) mass is 447 g/mol. The normalized spacial score (nSPS) is 23.4. The number of thioether (sulfide) groups is 1. The van der Waals surface area contributed by atoms with Gasteiger partial charge in [0.1, 0.15) is 12.4 Å². The fourth-order valence-corrected chi connectivity index (χ4v) is 4.93. The number of nitrogens with one attached hydrogen (secondary N) is 1. The van der Waals surface area contributed by atoms with E-state index in [2.05, 4.69) is 27.2 Å². The number of aliphatic imine (C=N–C) groups is 1. The molecule has 1 amide bonds. The first-order valence-electron chi connectivity index (χ1n) is 10.4. The lowest BCUT2D eigenvalue weighted by atomic mass is 9.94. The van der Waals surface area contributed by atoms with Gasteiger partial charge >= 0.3 is 6.18 Å². The lowest BCUT2D eigenvalue weighted by Crippen LogP contribution is -2.33. The van der Waals surface area contributed by atoms with Crippen LogP contribution >= 0.6 is 11.8 Å². The van der Waals surface area contributed by atoms with Gasteiger partial charge in [-0.15, -0.1) is 6.42 Å². The second-order valence-electron chi connectivity index (χ2n) is 8.21. The Morgan fingerprint density at radius 1 is 1.26 bits per heavy atom. The van der Waals surface area contributed by atoms with Crippen molar-refractivity contribution < 1.29 is 18.0 Å². The van der Waals surface area contributed by atoms with Crippen LogP contribution < -0.4 is 5.32 Å². The van der Waals surface area contributed by atoms with Crippen LogP contribution in [0.3, 0.4) is 0 Å². The molecule has 1 aromatic carbocycles. The van der Waals surface area contributed by atoms with Crippen molar-refractivity contribution in [2.75, 3.05) is 19.6 Å². The Bertz CT molecular complexity index is 952. The molecule has 1 aromatic rings. The van der Waals surface area contributed by atoms with E-state index in [1.807, 2.05) is 0 Å². The lowest BCUT2D eigenvalue weighted by Gasteiger charge is -2.31. The van der Waals surface area contributed by atoms with Crippen molar-refractivity contribution in [1.29, 1.82) is 0 Å². The Hall–Kier alpha value is -2.24. The van der Waals surface area contributed by atoms with Gasteiger partial charge < -0.3 is 5.32 Å². The minimum Gasteiger partial charge on any atom is -0.300 e. The average Bonchev–Trinajstić information content (AvgIpc) is 3.51. The van der Waals surface area contributed by atoms with Crippen LogP contribution in [0.5, 0.6) is 0 Å². The molecule has 1 saturated carbocycles. The van der Waals surface area contributed by atoms with E-state index < -0.39 is 11.7 Å². The number of hydrogen-bond donors (Lipinski definition) is 1. The summed E-state index contributed by atoms with van der Waals surface area (Å²) in [6.07, 6.45) is 6.86. The zero-order valence-electron chi connectivity index (χ0n) is 17.0. The summed E-state index contributed by atoms with van der Waals surface area (Å²) in [4.78, 5) is 19.1. The molecule has 0 aromatic heterocycles. The minimum absolute atomic E-state index is 0.144. The van der Waals surface area contributed by atoms with Gasteiger partial charge in [-0.2, -0.15) is 13.2 Å². The lowest BCUT2D eigenvalue weighted by molar-refractivity contribution is -0.137. The maximum Gasteiger partial charge on any atom is 0.416 e. The topological polar surface area (TPSA) is 44.7 Å². The molecule has 8 heteroatoms. The van der Waals surface area contributed by atoms with E-state index in [1.165, 1.54) is 12.1 Å². The van der Waals surface area contributed by atoms with Crippen molar-refractivity contribution in [2.45, 2.75) is 44.3 Å². The van der Waals surface area contributed by atoms with Gasteiger partial charge in [0, 0.05) is 6.54 Å². The molecule has 3 fully saturated rings. The van der Waals surface area contributed by atoms with Crippen LogP contribution in [0.15, 0.2) is 34.2 Å². The summed E-state index contributed by atoms with van der Waals surface area (Å²) in [6, 6.07) is 4.21. The number of alkyl halides is 3. The van der Waals surface area contributed by atoms with Gasteiger partial charge in [0.05, 0.1) is 10.5 Å². The Labute approximate surface area is 184 Å². The van der Waals surface area contributed by atoms with Gasteiger partial charge in [-0.3, -0.25) is 14.7 Å². The van der Waals surface area contributed by atoms with Crippen LogP contribution in [0.4, 0.5) is 18.0 Å². The van der Waals surface area contributed by atoms with E-state index in [4.69, 9.17) is 6.42 Å². The van der Waals surface area contributed by atoms with E-state index in [1.54, 1.807) is 6.07 Å². The Kier molecular flexibility index (Phi) is 6.44. The number of amides is 1. The zero-order chi connectivity index (χ0) is 22.0. The Morgan fingerprint density at radius 2 is 2.00 bits per heavy atom. The molecule has 1 N–H and O–H groups in total. The second-order valence-corrected chi connectivity index (χ2v) is 9.23. The fraction of sp³-hybridized carbons (Fsp3) is 0.478. The van der Waals surface area contributed by atoms with Crippen LogP contribution in [-0.4, -0.2) is 35.6 Å². The molecule has 0 spiro atoms. The van der Waals surface area contributed by atoms with Gasteiger partial charge in [0.2, 0.25) is 0 Å². The van der Waals surface area contributed by atoms with Gasteiger partial charge in [-0.1, -0.05) is 18.1 Å². The van der Waals surface area contributed by atoms with Crippen LogP contribution in [0, 0.1) is 18.3 Å². The third-order valence-corrected chi connectivity index (χ3v) is 6.73. The van der Waals surface area contributed by atoms with Crippen molar-refractivity contribution in [3.05, 3.63) is 45.9 Å². The molecular weight excluding hydrogens is 423 g/mol. The van der Waals surface area contributed by atoms with Gasteiger partial charge in [0.25, 0.3) is 5.24 Å². The predicted octanol–water partition coefficient (Wildman–Crippen LogP) is 5.17. The summed E-state index contributed by atoms with van der Waals surface area (Å²) in [7, 11) is 0. The molecule has 0 unspecified atom stereocenters. The molecule has 2 aliphatic heterocycles. The second kappa shape index (κ2) is 9.09. The number of hydrogen-bond acceptors (Lipinski definition) is 4. The van der Waals surface area contributed by atoms with Crippen LogP contribution in [0.1, 0.15) is 48.3 Å². The number of allylic oxidation sites excluding steroid dienone is 1. The van der Waals surface area contributed by atoms with Crippen molar-refractivity contribution in [1.82, 2.24) is 10.2 Å². The third-order valence-electron chi connectivity index (χ3n) is 5.89. The molecule has 0 bridgehead atoms. The maximum atomic E-state index is 13.1. The van der Waals surface area contributed by atoms with Crippen molar-refractivity contribution in [3.63, 3.8) is 0 Å². The highest BCUT2D eigenvalue weighted by Crippen LogP contribution is 2.44. The van der Waals surface area contributed by atoms with Crippen molar-refractivity contribution in [3.8, 4) is 12.3 Å². The van der Waals surface area contributed by atoms with E-state index in [0.29, 0.717) is 18.3 Å². The maximum absolute atomic E-state index is 13.1. The minimum atomic E-state index is -4.30. The number of carbonyl (C=O) groups is 1. The third kappa shape index (κ3) is 5.52. The zero-order valence-corrected chi connectivity index (χ0v) is 17.9. The number of nitrogens with zero attached hydrogens (tertiary/aromatic N) is 2. The fourth-order valence-electron chi connectivity index (χ4n) is 4.11. The van der Waals surface area contributed by atoms with E-state index in [0.717, 1.165) is 66.6 Å². The Balaban J connectivity index is 1.39. The summed E-state index contributed by atoms with van der Waals surface area (Å²) in [5.41, 5.74) is 1.32. The first-order chi connectivity index (χ1) is 14.8. The van der Waals surface area contributed by atoms with E-state index in [9.17, 15) is 18.0 Å². The smallest absolute Gasteiger partial charge is 0.300 e. The first kappa shape index (κ1) is 22.0. The quantitative estimate of drug-likeness (QED) is 0.634.